The van der Waals surface area contributed by atoms with Gasteiger partial charge in [0, 0.05) is 0 Å². The molecule has 3 rings (SSSR count). The molecule has 0 bridgehead atoms. The third kappa shape index (κ3) is 2.33. The van der Waals surface area contributed by atoms with Crippen molar-refractivity contribution < 1.29 is 0 Å². The molecule has 7 heteroatoms. The number of halogens is 1. The first-order valence-corrected chi connectivity index (χ1v) is 7.34. The Kier molecular flexibility index (Phi) is 3.51. The molecule has 1 aromatic carbocycles. The molecule has 0 radical (unpaired) electrons. The monoisotopic (exact) mass is 380 g/mol. The first-order chi connectivity index (χ1) is 9.69. The summed E-state index contributed by atoms with van der Waals surface area (Å²) in [7, 11) is 1.75. The van der Waals surface area contributed by atoms with Crippen LogP contribution in [0, 0.1) is 3.70 Å². The summed E-state index contributed by atoms with van der Waals surface area (Å²) in [5, 5.41) is 16.5. The summed E-state index contributed by atoms with van der Waals surface area (Å²) in [6.07, 6.45) is 2.80. The maximum absolute atomic E-state index is 4.42. The van der Waals surface area contributed by atoms with Crippen molar-refractivity contribution in [2.24, 2.45) is 7.05 Å². The Morgan fingerprint density at radius 3 is 2.55 bits per heavy atom. The van der Waals surface area contributed by atoms with Crippen molar-refractivity contribution in [1.29, 1.82) is 0 Å². The van der Waals surface area contributed by atoms with E-state index in [0.717, 1.165) is 21.4 Å². The summed E-state index contributed by atoms with van der Waals surface area (Å²) in [5.74, 6) is 0.591. The van der Waals surface area contributed by atoms with Crippen molar-refractivity contribution in [2.75, 3.05) is 0 Å². The second-order valence-electron chi connectivity index (χ2n) is 4.38. The third-order valence-electron chi connectivity index (χ3n) is 3.05. The molecule has 0 N–H and O–H groups in total. The smallest absolute Gasteiger partial charge is 0.209 e. The zero-order valence-electron chi connectivity index (χ0n) is 11.2. The fraction of sp³-hybridized carbons (Fsp3) is 0.231. The summed E-state index contributed by atoms with van der Waals surface area (Å²) in [4.78, 5) is 1.44. The van der Waals surface area contributed by atoms with E-state index in [-0.39, 0.29) is 0 Å². The predicted molar refractivity (Wildman–Crippen MR) is 83.5 cm³/mol. The van der Waals surface area contributed by atoms with Crippen molar-refractivity contribution in [3.05, 3.63) is 39.7 Å². The SMILES string of the molecule is CCc1ccc(-n2ncc(-c3nnn(C)n3)c2I)cc1. The quantitative estimate of drug-likeness (QED) is 0.654. The van der Waals surface area contributed by atoms with Gasteiger partial charge in [0.1, 0.15) is 3.70 Å². The average Bonchev–Trinajstić information content (AvgIpc) is 3.05. The summed E-state index contributed by atoms with van der Waals surface area (Å²) >= 11 is 2.25. The average molecular weight is 380 g/mol. The largest absolute Gasteiger partial charge is 0.227 e. The molecule has 0 aliphatic rings. The van der Waals surface area contributed by atoms with Gasteiger partial charge in [-0.25, -0.2) is 4.68 Å². The molecular formula is C13H13IN6. The molecule has 0 saturated carbocycles. The zero-order chi connectivity index (χ0) is 14.1. The molecule has 102 valence electrons. The molecule has 0 fully saturated rings. The van der Waals surface area contributed by atoms with Crippen LogP contribution in [-0.4, -0.2) is 30.0 Å². The van der Waals surface area contributed by atoms with E-state index < -0.39 is 0 Å². The van der Waals surface area contributed by atoms with Crippen molar-refractivity contribution in [1.82, 2.24) is 30.0 Å². The molecule has 6 nitrogen and oxygen atoms in total. The number of tetrazole rings is 1. The number of nitrogens with zero attached hydrogens (tertiary/aromatic N) is 6. The van der Waals surface area contributed by atoms with Crippen molar-refractivity contribution >= 4 is 22.6 Å². The van der Waals surface area contributed by atoms with Gasteiger partial charge in [0.2, 0.25) is 5.82 Å². The van der Waals surface area contributed by atoms with Crippen LogP contribution in [0.4, 0.5) is 0 Å². The van der Waals surface area contributed by atoms with E-state index in [4.69, 9.17) is 0 Å². The maximum Gasteiger partial charge on any atom is 0.209 e. The Labute approximate surface area is 129 Å². The molecule has 0 aliphatic carbocycles. The standard InChI is InChI=1S/C13H13IN6/c1-3-9-4-6-10(7-5-9)20-12(14)11(8-15-20)13-16-18-19(2)17-13/h4-8H,3H2,1-2H3. The van der Waals surface area contributed by atoms with Crippen LogP contribution >= 0.6 is 22.6 Å². The van der Waals surface area contributed by atoms with E-state index in [0.29, 0.717) is 5.82 Å². The maximum atomic E-state index is 4.42. The molecule has 2 heterocycles. The molecule has 0 spiro atoms. The number of rotatable bonds is 3. The van der Waals surface area contributed by atoms with Crippen LogP contribution in [0.5, 0.6) is 0 Å². The number of hydrogen-bond acceptors (Lipinski definition) is 4. The molecule has 20 heavy (non-hydrogen) atoms. The topological polar surface area (TPSA) is 61.4 Å². The van der Waals surface area contributed by atoms with Gasteiger partial charge in [0.25, 0.3) is 0 Å². The van der Waals surface area contributed by atoms with Crippen LogP contribution in [0.1, 0.15) is 12.5 Å². The van der Waals surface area contributed by atoms with E-state index in [1.807, 2.05) is 4.68 Å². The molecule has 0 atom stereocenters. The lowest BCUT2D eigenvalue weighted by atomic mass is 10.1. The summed E-state index contributed by atoms with van der Waals surface area (Å²) in [6, 6.07) is 8.38. The lowest BCUT2D eigenvalue weighted by Crippen LogP contribution is -1.99. The van der Waals surface area contributed by atoms with Crippen LogP contribution in [0.15, 0.2) is 30.5 Å². The lowest BCUT2D eigenvalue weighted by Gasteiger charge is -2.04. The van der Waals surface area contributed by atoms with Gasteiger partial charge in [0.15, 0.2) is 0 Å². The van der Waals surface area contributed by atoms with Crippen LogP contribution in [0.3, 0.4) is 0 Å². The van der Waals surface area contributed by atoms with Gasteiger partial charge < -0.3 is 0 Å². The minimum Gasteiger partial charge on any atom is -0.227 e. The van der Waals surface area contributed by atoms with E-state index in [1.54, 1.807) is 13.2 Å². The van der Waals surface area contributed by atoms with Crippen LogP contribution in [0.2, 0.25) is 0 Å². The Bertz CT molecular complexity index is 728. The fourth-order valence-corrected chi connectivity index (χ4v) is 2.71. The Balaban J connectivity index is 2.01. The zero-order valence-corrected chi connectivity index (χ0v) is 13.3. The Morgan fingerprint density at radius 1 is 1.20 bits per heavy atom. The summed E-state index contributed by atoms with van der Waals surface area (Å²) < 4.78 is 2.85. The number of hydrogen-bond donors (Lipinski definition) is 0. The number of benzene rings is 1. The molecule has 0 saturated heterocycles. The van der Waals surface area contributed by atoms with Gasteiger partial charge in [-0.05, 0) is 51.9 Å². The predicted octanol–water partition coefficient (Wildman–Crippen LogP) is 2.23. The molecule has 3 aromatic rings. The Morgan fingerprint density at radius 2 is 1.95 bits per heavy atom. The lowest BCUT2D eigenvalue weighted by molar-refractivity contribution is 0.630. The molecule has 0 amide bonds. The summed E-state index contributed by atoms with van der Waals surface area (Å²) in [6.45, 7) is 2.14. The highest BCUT2D eigenvalue weighted by Crippen LogP contribution is 2.24. The third-order valence-corrected chi connectivity index (χ3v) is 4.09. The van der Waals surface area contributed by atoms with Gasteiger partial charge >= 0.3 is 0 Å². The fourth-order valence-electron chi connectivity index (χ4n) is 1.93. The van der Waals surface area contributed by atoms with Gasteiger partial charge in [-0.3, -0.25) is 0 Å². The minimum atomic E-state index is 0.591. The second kappa shape index (κ2) is 5.31. The Hall–Kier alpha value is -1.77. The van der Waals surface area contributed by atoms with Gasteiger partial charge in [-0.2, -0.15) is 9.90 Å². The highest BCUT2D eigenvalue weighted by molar-refractivity contribution is 14.1. The van der Waals surface area contributed by atoms with Crippen molar-refractivity contribution in [2.45, 2.75) is 13.3 Å². The molecule has 0 aliphatic heterocycles. The van der Waals surface area contributed by atoms with Crippen molar-refractivity contribution in [3.8, 4) is 17.1 Å². The normalized spacial score (nSPS) is 10.9. The highest BCUT2D eigenvalue weighted by Gasteiger charge is 2.15. The van der Waals surface area contributed by atoms with Gasteiger partial charge in [-0.1, -0.05) is 19.1 Å². The highest BCUT2D eigenvalue weighted by atomic mass is 127. The summed E-state index contributed by atoms with van der Waals surface area (Å²) in [5.41, 5.74) is 3.23. The molecular weight excluding hydrogens is 367 g/mol. The first kappa shape index (κ1) is 13.2. The van der Waals surface area contributed by atoms with E-state index in [1.165, 1.54) is 10.4 Å². The molecule has 0 unspecified atom stereocenters. The van der Waals surface area contributed by atoms with Gasteiger partial charge in [-0.15, -0.1) is 10.2 Å². The number of aryl methyl sites for hydroxylation is 2. The first-order valence-electron chi connectivity index (χ1n) is 6.26. The van der Waals surface area contributed by atoms with Gasteiger partial charge in [0.05, 0.1) is 24.5 Å². The number of aromatic nitrogens is 6. The van der Waals surface area contributed by atoms with Crippen LogP contribution in [-0.2, 0) is 13.5 Å². The van der Waals surface area contributed by atoms with Crippen LogP contribution in [0.25, 0.3) is 17.1 Å². The second-order valence-corrected chi connectivity index (χ2v) is 5.41. The van der Waals surface area contributed by atoms with E-state index in [9.17, 15) is 0 Å². The van der Waals surface area contributed by atoms with E-state index in [2.05, 4.69) is 74.3 Å². The van der Waals surface area contributed by atoms with Crippen LogP contribution < -0.4 is 0 Å². The van der Waals surface area contributed by atoms with E-state index >= 15 is 0 Å². The minimum absolute atomic E-state index is 0.591. The van der Waals surface area contributed by atoms with Crippen molar-refractivity contribution in [3.63, 3.8) is 0 Å². The molecule has 2 aromatic heterocycles.